The Morgan fingerprint density at radius 1 is 1.19 bits per heavy atom. The van der Waals surface area contributed by atoms with Crippen molar-refractivity contribution in [3.8, 4) is 0 Å². The first-order chi connectivity index (χ1) is 14.8. The number of carboxylic acids is 2. The minimum absolute atomic E-state index is 0.0793. The molecule has 2 rings (SSSR count). The monoisotopic (exact) mass is 482 g/mol. The number of benzene rings is 1. The van der Waals surface area contributed by atoms with Crippen molar-refractivity contribution in [3.63, 3.8) is 0 Å². The number of hydrogen-bond acceptors (Lipinski definition) is 4. The highest BCUT2D eigenvalue weighted by molar-refractivity contribution is 6.30. The minimum atomic E-state index is -4.60. The molecule has 1 aromatic rings. The topological polar surface area (TPSA) is 89.9 Å². The molecule has 1 heterocycles. The van der Waals surface area contributed by atoms with Crippen molar-refractivity contribution in [2.75, 3.05) is 19.6 Å². The van der Waals surface area contributed by atoms with Crippen LogP contribution in [0.4, 0.5) is 17.6 Å². The van der Waals surface area contributed by atoms with Gasteiger partial charge in [-0.25, -0.2) is 14.0 Å². The fourth-order valence-corrected chi connectivity index (χ4v) is 3.52. The van der Waals surface area contributed by atoms with Gasteiger partial charge in [-0.2, -0.15) is 13.2 Å². The molecular weight excluding hydrogens is 456 g/mol. The standard InChI is InChI=1S/C17H23ClF4N2.C4H4O4/c1-11(2)9-24(12-5-7-23-8-6-12)10-13-14(17(20,21)22)3-4-15(18)16(13)19;5-3(6)1-2-4(7)8/h3-4,11-12,23H,5-10H2,1-2H3;1-2H,(H,5,6)(H,7,8)/b;2-1+. The molecule has 1 aliphatic rings. The molecule has 0 spiro atoms. The van der Waals surface area contributed by atoms with Crippen molar-refractivity contribution in [2.45, 2.75) is 45.5 Å². The van der Waals surface area contributed by atoms with E-state index in [0.29, 0.717) is 18.7 Å². The predicted octanol–water partition coefficient (Wildman–Crippen LogP) is 4.42. The van der Waals surface area contributed by atoms with Crippen LogP contribution in [0.3, 0.4) is 0 Å². The molecule has 0 unspecified atom stereocenters. The molecule has 3 N–H and O–H groups in total. The van der Waals surface area contributed by atoms with Gasteiger partial charge >= 0.3 is 18.1 Å². The zero-order valence-corrected chi connectivity index (χ0v) is 18.5. The highest BCUT2D eigenvalue weighted by Gasteiger charge is 2.36. The van der Waals surface area contributed by atoms with Gasteiger partial charge in [-0.1, -0.05) is 25.4 Å². The molecule has 0 bridgehead atoms. The molecule has 1 aliphatic heterocycles. The smallest absolute Gasteiger partial charge is 0.416 e. The number of carboxylic acid groups (broad SMARTS) is 2. The summed E-state index contributed by atoms with van der Waals surface area (Å²) in [4.78, 5) is 21.1. The van der Waals surface area contributed by atoms with Gasteiger partial charge < -0.3 is 15.5 Å². The number of nitrogens with zero attached hydrogens (tertiary/aromatic N) is 1. The third-order valence-corrected chi connectivity index (χ3v) is 4.95. The van der Waals surface area contributed by atoms with E-state index in [1.54, 1.807) is 0 Å². The zero-order chi connectivity index (χ0) is 24.5. The molecule has 180 valence electrons. The Hall–Kier alpha value is -2.17. The molecule has 0 amide bonds. The number of alkyl halides is 3. The minimum Gasteiger partial charge on any atom is -0.478 e. The fourth-order valence-electron chi connectivity index (χ4n) is 3.34. The molecule has 6 nitrogen and oxygen atoms in total. The lowest BCUT2D eigenvalue weighted by Gasteiger charge is -2.36. The first-order valence-corrected chi connectivity index (χ1v) is 10.3. The van der Waals surface area contributed by atoms with Crippen LogP contribution in [0.1, 0.15) is 37.8 Å². The summed E-state index contributed by atoms with van der Waals surface area (Å²) >= 11 is 5.74. The van der Waals surface area contributed by atoms with Crippen molar-refractivity contribution in [1.82, 2.24) is 10.2 Å². The summed E-state index contributed by atoms with van der Waals surface area (Å²) in [6.07, 6.45) is -1.80. The summed E-state index contributed by atoms with van der Waals surface area (Å²) < 4.78 is 54.2. The molecule has 0 aromatic heterocycles. The second-order valence-electron chi connectivity index (χ2n) is 7.70. The summed E-state index contributed by atoms with van der Waals surface area (Å²) in [5.41, 5.74) is -1.29. The fraction of sp³-hybridized carbons (Fsp3) is 0.524. The zero-order valence-electron chi connectivity index (χ0n) is 17.8. The Bertz CT molecular complexity index is 794. The summed E-state index contributed by atoms with van der Waals surface area (Å²) in [6.45, 7) is 6.20. The van der Waals surface area contributed by atoms with Gasteiger partial charge in [-0.3, -0.25) is 4.90 Å². The van der Waals surface area contributed by atoms with Crippen LogP contribution in [0.2, 0.25) is 5.02 Å². The van der Waals surface area contributed by atoms with Crippen molar-refractivity contribution in [1.29, 1.82) is 0 Å². The highest BCUT2D eigenvalue weighted by atomic mass is 35.5. The van der Waals surface area contributed by atoms with Crippen LogP contribution in [0, 0.1) is 11.7 Å². The van der Waals surface area contributed by atoms with Crippen molar-refractivity contribution in [3.05, 3.63) is 46.3 Å². The molecule has 0 atom stereocenters. The highest BCUT2D eigenvalue weighted by Crippen LogP contribution is 2.36. The normalized spacial score (nSPS) is 15.2. The van der Waals surface area contributed by atoms with Crippen LogP contribution in [-0.2, 0) is 22.3 Å². The third-order valence-electron chi connectivity index (χ3n) is 4.66. The van der Waals surface area contributed by atoms with E-state index < -0.39 is 29.5 Å². The number of halogens is 5. The molecule has 0 saturated carbocycles. The van der Waals surface area contributed by atoms with Gasteiger partial charge in [0.2, 0.25) is 0 Å². The van der Waals surface area contributed by atoms with E-state index in [0.717, 1.165) is 38.1 Å². The Kier molecular flexibility index (Phi) is 11.1. The van der Waals surface area contributed by atoms with E-state index in [1.807, 2.05) is 18.7 Å². The second-order valence-corrected chi connectivity index (χ2v) is 8.11. The van der Waals surface area contributed by atoms with Crippen molar-refractivity contribution in [2.24, 2.45) is 5.92 Å². The molecule has 0 aliphatic carbocycles. The maximum atomic E-state index is 14.4. The predicted molar refractivity (Wildman–Crippen MR) is 112 cm³/mol. The van der Waals surface area contributed by atoms with Gasteiger partial charge in [0.25, 0.3) is 0 Å². The summed E-state index contributed by atoms with van der Waals surface area (Å²) in [7, 11) is 0. The van der Waals surface area contributed by atoms with Crippen LogP contribution in [-0.4, -0.2) is 52.7 Å². The number of nitrogens with one attached hydrogen (secondary N) is 1. The molecule has 11 heteroatoms. The lowest BCUT2D eigenvalue weighted by Crippen LogP contribution is -2.44. The summed E-state index contributed by atoms with van der Waals surface area (Å²) in [5, 5.41) is 18.6. The summed E-state index contributed by atoms with van der Waals surface area (Å²) in [6, 6.07) is 1.99. The Labute approximate surface area is 188 Å². The average Bonchev–Trinajstić information content (AvgIpc) is 2.69. The Morgan fingerprint density at radius 2 is 1.72 bits per heavy atom. The van der Waals surface area contributed by atoms with E-state index in [9.17, 15) is 27.2 Å². The summed E-state index contributed by atoms with van der Waals surface area (Å²) in [5.74, 6) is -3.20. The van der Waals surface area contributed by atoms with Crippen LogP contribution < -0.4 is 5.32 Å². The first kappa shape index (κ1) is 27.9. The number of aliphatic carboxylic acids is 2. The van der Waals surface area contributed by atoms with E-state index in [2.05, 4.69) is 5.32 Å². The average molecular weight is 483 g/mol. The van der Waals surface area contributed by atoms with Gasteiger partial charge in [0.05, 0.1) is 10.6 Å². The van der Waals surface area contributed by atoms with Gasteiger partial charge in [0, 0.05) is 36.8 Å². The van der Waals surface area contributed by atoms with E-state index in [1.165, 1.54) is 0 Å². The Balaban J connectivity index is 0.000000547. The maximum Gasteiger partial charge on any atom is 0.416 e. The molecule has 1 fully saturated rings. The van der Waals surface area contributed by atoms with E-state index >= 15 is 0 Å². The molecular formula is C21H27ClF4N2O4. The van der Waals surface area contributed by atoms with Crippen molar-refractivity contribution >= 4 is 23.5 Å². The van der Waals surface area contributed by atoms with Gasteiger partial charge in [-0.05, 0) is 44.0 Å². The maximum absolute atomic E-state index is 14.4. The quantitative estimate of drug-likeness (QED) is 0.394. The van der Waals surface area contributed by atoms with Crippen LogP contribution in [0.25, 0.3) is 0 Å². The second kappa shape index (κ2) is 12.8. The SMILES string of the molecule is CC(C)CN(Cc1c(C(F)(F)F)ccc(Cl)c1F)C1CCNCC1.O=C(O)/C=C/C(=O)O. The molecule has 32 heavy (non-hydrogen) atoms. The number of hydrogen-bond donors (Lipinski definition) is 3. The first-order valence-electron chi connectivity index (χ1n) is 9.95. The molecule has 1 saturated heterocycles. The van der Waals surface area contributed by atoms with Gasteiger partial charge in [0.15, 0.2) is 0 Å². The van der Waals surface area contributed by atoms with E-state index in [4.69, 9.17) is 21.8 Å². The lowest BCUT2D eigenvalue weighted by atomic mass is 9.99. The van der Waals surface area contributed by atoms with Crippen LogP contribution in [0.15, 0.2) is 24.3 Å². The van der Waals surface area contributed by atoms with Gasteiger partial charge in [-0.15, -0.1) is 0 Å². The number of rotatable bonds is 7. The largest absolute Gasteiger partial charge is 0.478 e. The number of carbonyl (C=O) groups is 2. The number of piperidine rings is 1. The van der Waals surface area contributed by atoms with Crippen molar-refractivity contribution < 1.29 is 37.4 Å². The van der Waals surface area contributed by atoms with Gasteiger partial charge in [0.1, 0.15) is 5.82 Å². The molecule has 0 radical (unpaired) electrons. The van der Waals surface area contributed by atoms with Crippen LogP contribution >= 0.6 is 11.6 Å². The van der Waals surface area contributed by atoms with Crippen LogP contribution in [0.5, 0.6) is 0 Å². The van der Waals surface area contributed by atoms with E-state index in [-0.39, 0.29) is 29.1 Å². The Morgan fingerprint density at radius 3 is 2.16 bits per heavy atom. The third kappa shape index (κ3) is 9.54. The lowest BCUT2D eigenvalue weighted by molar-refractivity contribution is -0.139. The molecule has 1 aromatic carbocycles.